The van der Waals surface area contributed by atoms with Gasteiger partial charge in [-0.05, 0) is 31.2 Å². The van der Waals surface area contributed by atoms with Crippen LogP contribution < -0.4 is 10.9 Å². The number of carbonyl (C=O) groups is 1. The van der Waals surface area contributed by atoms with Gasteiger partial charge in [0.25, 0.3) is 5.56 Å². The molecule has 1 N–H and O–H groups in total. The van der Waals surface area contributed by atoms with Crippen molar-refractivity contribution >= 4 is 22.6 Å². The largest absolute Gasteiger partial charge is 0.323 e. The van der Waals surface area contributed by atoms with Crippen LogP contribution >= 0.6 is 0 Å². The highest BCUT2D eigenvalue weighted by Crippen LogP contribution is 2.16. The quantitative estimate of drug-likeness (QED) is 0.549. The zero-order valence-corrected chi connectivity index (χ0v) is 16.0. The first-order valence-corrected chi connectivity index (χ1v) is 9.17. The van der Waals surface area contributed by atoms with Gasteiger partial charge in [0, 0.05) is 19.0 Å². The Balaban J connectivity index is 1.52. The van der Waals surface area contributed by atoms with Crippen molar-refractivity contribution in [3.63, 3.8) is 0 Å². The molecule has 9 heteroatoms. The SMILES string of the molecule is Cc1ccc(-n2ncc3c(=O)n(CCC(=O)Nc4cc(F)ccc4F)cnc32)cc1. The molecule has 4 rings (SSSR count). The molecule has 0 bridgehead atoms. The van der Waals surface area contributed by atoms with E-state index in [0.29, 0.717) is 11.0 Å². The average molecular weight is 409 g/mol. The summed E-state index contributed by atoms with van der Waals surface area (Å²) in [7, 11) is 0. The molecule has 30 heavy (non-hydrogen) atoms. The van der Waals surface area contributed by atoms with Crippen LogP contribution in [-0.4, -0.2) is 25.2 Å². The minimum absolute atomic E-state index is 0.0280. The smallest absolute Gasteiger partial charge is 0.264 e. The van der Waals surface area contributed by atoms with Crippen LogP contribution in [0.25, 0.3) is 16.7 Å². The Morgan fingerprint density at radius 3 is 2.67 bits per heavy atom. The zero-order valence-electron chi connectivity index (χ0n) is 16.0. The van der Waals surface area contributed by atoms with E-state index in [2.05, 4.69) is 15.4 Å². The van der Waals surface area contributed by atoms with E-state index < -0.39 is 17.5 Å². The van der Waals surface area contributed by atoms with E-state index in [1.165, 1.54) is 17.1 Å². The molecule has 7 nitrogen and oxygen atoms in total. The van der Waals surface area contributed by atoms with Gasteiger partial charge in [-0.15, -0.1) is 0 Å². The molecule has 4 aromatic rings. The lowest BCUT2D eigenvalue weighted by molar-refractivity contribution is -0.116. The molecule has 2 aromatic carbocycles. The second-order valence-corrected chi connectivity index (χ2v) is 6.79. The molecule has 2 heterocycles. The summed E-state index contributed by atoms with van der Waals surface area (Å²) in [6.07, 6.45) is 2.66. The number of nitrogens with zero attached hydrogens (tertiary/aromatic N) is 4. The van der Waals surface area contributed by atoms with E-state index in [0.717, 1.165) is 29.4 Å². The Morgan fingerprint density at radius 2 is 1.90 bits per heavy atom. The van der Waals surface area contributed by atoms with Crippen molar-refractivity contribution in [2.75, 3.05) is 5.32 Å². The lowest BCUT2D eigenvalue weighted by Gasteiger charge is -2.08. The van der Waals surface area contributed by atoms with E-state index in [4.69, 9.17) is 0 Å². The van der Waals surface area contributed by atoms with Crippen LogP contribution in [0.2, 0.25) is 0 Å². The molecule has 0 saturated carbocycles. The number of carbonyl (C=O) groups excluding carboxylic acids is 1. The third kappa shape index (κ3) is 3.82. The van der Waals surface area contributed by atoms with Crippen molar-refractivity contribution in [3.05, 3.63) is 82.5 Å². The predicted octanol–water partition coefficient (Wildman–Crippen LogP) is 3.20. The Kier molecular flexibility index (Phi) is 5.09. The number of amides is 1. The van der Waals surface area contributed by atoms with Crippen molar-refractivity contribution in [2.45, 2.75) is 19.9 Å². The van der Waals surface area contributed by atoms with E-state index in [1.54, 1.807) is 4.68 Å². The highest BCUT2D eigenvalue weighted by molar-refractivity contribution is 5.90. The molecule has 152 valence electrons. The van der Waals surface area contributed by atoms with Crippen LogP contribution in [0.5, 0.6) is 0 Å². The van der Waals surface area contributed by atoms with Crippen molar-refractivity contribution in [2.24, 2.45) is 0 Å². The molecule has 2 aromatic heterocycles. The van der Waals surface area contributed by atoms with Crippen LogP contribution in [0.15, 0.2) is 59.8 Å². The van der Waals surface area contributed by atoms with Crippen molar-refractivity contribution in [1.82, 2.24) is 19.3 Å². The lowest BCUT2D eigenvalue weighted by Crippen LogP contribution is -2.23. The summed E-state index contributed by atoms with van der Waals surface area (Å²) in [5.74, 6) is -1.96. The van der Waals surface area contributed by atoms with Crippen LogP contribution in [0.1, 0.15) is 12.0 Å². The number of rotatable bonds is 5. The minimum Gasteiger partial charge on any atom is -0.323 e. The van der Waals surface area contributed by atoms with Gasteiger partial charge in [-0.3, -0.25) is 14.2 Å². The minimum atomic E-state index is -0.742. The number of aromatic nitrogens is 4. The summed E-state index contributed by atoms with van der Waals surface area (Å²) >= 11 is 0. The Morgan fingerprint density at radius 1 is 1.13 bits per heavy atom. The van der Waals surface area contributed by atoms with Gasteiger partial charge in [0.05, 0.1) is 23.9 Å². The third-order valence-corrected chi connectivity index (χ3v) is 4.62. The number of fused-ring (bicyclic) bond motifs is 1. The molecular weight excluding hydrogens is 392 g/mol. The van der Waals surface area contributed by atoms with Crippen LogP contribution in [0, 0.1) is 18.6 Å². The Bertz CT molecular complexity index is 1300. The summed E-state index contributed by atoms with van der Waals surface area (Å²) in [5.41, 5.74) is 1.69. The summed E-state index contributed by atoms with van der Waals surface area (Å²) in [6, 6.07) is 10.4. The van der Waals surface area contributed by atoms with Gasteiger partial charge in [-0.25, -0.2) is 18.4 Å². The topological polar surface area (TPSA) is 81.8 Å². The van der Waals surface area contributed by atoms with E-state index in [9.17, 15) is 18.4 Å². The summed E-state index contributed by atoms with van der Waals surface area (Å²) < 4.78 is 29.7. The summed E-state index contributed by atoms with van der Waals surface area (Å²) in [6.45, 7) is 2.00. The summed E-state index contributed by atoms with van der Waals surface area (Å²) in [5, 5.41) is 6.87. The van der Waals surface area contributed by atoms with E-state index in [1.807, 2.05) is 31.2 Å². The lowest BCUT2D eigenvalue weighted by atomic mass is 10.2. The van der Waals surface area contributed by atoms with Gasteiger partial charge in [-0.2, -0.15) is 5.10 Å². The number of aryl methyl sites for hydroxylation is 2. The molecule has 0 aliphatic carbocycles. The Labute approximate surface area is 169 Å². The molecule has 1 amide bonds. The van der Waals surface area contributed by atoms with Gasteiger partial charge < -0.3 is 5.32 Å². The maximum Gasteiger partial charge on any atom is 0.264 e. The van der Waals surface area contributed by atoms with Crippen LogP contribution in [0.3, 0.4) is 0 Å². The molecule has 0 spiro atoms. The number of halogens is 2. The molecular formula is C21H17F2N5O2. The van der Waals surface area contributed by atoms with Crippen molar-refractivity contribution in [3.8, 4) is 5.69 Å². The highest BCUT2D eigenvalue weighted by atomic mass is 19.1. The van der Waals surface area contributed by atoms with Gasteiger partial charge in [0.2, 0.25) is 5.91 Å². The van der Waals surface area contributed by atoms with Gasteiger partial charge in [0.1, 0.15) is 17.0 Å². The molecule has 0 unspecified atom stereocenters. The van der Waals surface area contributed by atoms with E-state index >= 15 is 0 Å². The number of hydrogen-bond donors (Lipinski definition) is 1. The maximum atomic E-state index is 13.6. The fourth-order valence-electron chi connectivity index (χ4n) is 3.01. The Hall–Kier alpha value is -3.88. The number of anilines is 1. The fraction of sp³-hybridized carbons (Fsp3) is 0.143. The van der Waals surface area contributed by atoms with Crippen molar-refractivity contribution < 1.29 is 13.6 Å². The molecule has 0 fully saturated rings. The molecule has 0 aliphatic rings. The maximum absolute atomic E-state index is 13.6. The normalized spacial score (nSPS) is 11.0. The third-order valence-electron chi connectivity index (χ3n) is 4.62. The molecule has 0 radical (unpaired) electrons. The first-order chi connectivity index (χ1) is 14.4. The second-order valence-electron chi connectivity index (χ2n) is 6.79. The van der Waals surface area contributed by atoms with Crippen LogP contribution in [0.4, 0.5) is 14.5 Å². The monoisotopic (exact) mass is 409 g/mol. The number of benzene rings is 2. The molecule has 0 atom stereocenters. The van der Waals surface area contributed by atoms with E-state index in [-0.39, 0.29) is 24.2 Å². The fourth-order valence-corrected chi connectivity index (χ4v) is 3.01. The standard InChI is InChI=1S/C21H17F2N5O2/c1-13-2-5-15(6-3-13)28-20-16(11-25-28)21(30)27(12-24-20)9-8-19(29)26-18-10-14(22)4-7-17(18)23/h2-7,10-12H,8-9H2,1H3,(H,26,29). The van der Waals surface area contributed by atoms with Gasteiger partial charge in [-0.1, -0.05) is 17.7 Å². The molecule has 0 saturated heterocycles. The second kappa shape index (κ2) is 7.86. The summed E-state index contributed by atoms with van der Waals surface area (Å²) in [4.78, 5) is 29.1. The number of hydrogen-bond acceptors (Lipinski definition) is 4. The zero-order chi connectivity index (χ0) is 21.3. The predicted molar refractivity (Wildman–Crippen MR) is 107 cm³/mol. The highest BCUT2D eigenvalue weighted by Gasteiger charge is 2.13. The first kappa shape index (κ1) is 19.4. The van der Waals surface area contributed by atoms with Crippen LogP contribution in [-0.2, 0) is 11.3 Å². The first-order valence-electron chi connectivity index (χ1n) is 9.17. The molecule has 0 aliphatic heterocycles. The van der Waals surface area contributed by atoms with Gasteiger partial charge in [0.15, 0.2) is 5.65 Å². The van der Waals surface area contributed by atoms with Gasteiger partial charge >= 0.3 is 0 Å². The average Bonchev–Trinajstić information content (AvgIpc) is 3.16. The van der Waals surface area contributed by atoms with Crippen molar-refractivity contribution in [1.29, 1.82) is 0 Å². The number of nitrogens with one attached hydrogen (secondary N) is 1.